The smallest absolute Gasteiger partial charge is 0.400 e. The summed E-state index contributed by atoms with van der Waals surface area (Å²) >= 11 is 0. The van der Waals surface area contributed by atoms with Crippen molar-refractivity contribution in [3.8, 4) is 0 Å². The van der Waals surface area contributed by atoms with Crippen molar-refractivity contribution in [2.24, 2.45) is 5.92 Å². The number of allylic oxidation sites excluding steroid dienone is 1. The molecule has 0 saturated carbocycles. The van der Waals surface area contributed by atoms with E-state index in [1.807, 2.05) is 0 Å². The van der Waals surface area contributed by atoms with Gasteiger partial charge in [0.15, 0.2) is 5.92 Å². The normalized spacial score (nSPS) is 14.2. The fraction of sp³-hybridized carbons (Fsp3) is 0.667. The van der Waals surface area contributed by atoms with Gasteiger partial charge in [0.1, 0.15) is 0 Å². The Bertz CT molecular complexity index is 288. The second kappa shape index (κ2) is 5.42. The van der Waals surface area contributed by atoms with E-state index in [4.69, 9.17) is 5.11 Å². The van der Waals surface area contributed by atoms with Crippen molar-refractivity contribution >= 4 is 5.97 Å². The van der Waals surface area contributed by atoms with Crippen LogP contribution in [0.25, 0.3) is 0 Å². The van der Waals surface area contributed by atoms with Gasteiger partial charge in [-0.05, 0) is 19.8 Å². The Morgan fingerprint density at radius 3 is 1.88 bits per heavy atom. The Labute approximate surface area is 92.9 Å². The first kappa shape index (κ1) is 15.8. The van der Waals surface area contributed by atoms with E-state index in [9.17, 15) is 31.1 Å². The second-order valence-corrected chi connectivity index (χ2v) is 3.41. The number of halogens is 6. The van der Waals surface area contributed by atoms with Crippen LogP contribution in [0.4, 0.5) is 26.3 Å². The van der Waals surface area contributed by atoms with Gasteiger partial charge in [-0.1, -0.05) is 6.08 Å². The molecule has 0 atom stereocenters. The van der Waals surface area contributed by atoms with E-state index >= 15 is 0 Å². The SMILES string of the molecule is CC(=CCCC(C(F)(F)F)C(F)(F)F)C(=O)O. The van der Waals surface area contributed by atoms with E-state index in [1.54, 1.807) is 0 Å². The van der Waals surface area contributed by atoms with E-state index in [0.717, 1.165) is 13.0 Å². The standard InChI is InChI=1S/C9H10F6O2/c1-5(7(16)17)3-2-4-6(8(10,11)12)9(13,14)15/h3,6H,2,4H2,1H3,(H,16,17). The summed E-state index contributed by atoms with van der Waals surface area (Å²) in [6, 6.07) is 0. The maximum Gasteiger partial charge on any atom is 0.400 e. The van der Waals surface area contributed by atoms with E-state index in [-0.39, 0.29) is 5.57 Å². The van der Waals surface area contributed by atoms with Gasteiger partial charge >= 0.3 is 18.3 Å². The molecular formula is C9H10F6O2. The molecule has 0 radical (unpaired) electrons. The lowest BCUT2D eigenvalue weighted by Gasteiger charge is -2.22. The molecule has 0 aromatic carbocycles. The zero-order chi connectivity index (χ0) is 13.9. The van der Waals surface area contributed by atoms with E-state index in [0.29, 0.717) is 0 Å². The highest BCUT2D eigenvalue weighted by Gasteiger charge is 2.55. The third-order valence-electron chi connectivity index (χ3n) is 2.03. The highest BCUT2D eigenvalue weighted by Crippen LogP contribution is 2.41. The maximum atomic E-state index is 12.0. The first-order valence-electron chi connectivity index (χ1n) is 4.49. The van der Waals surface area contributed by atoms with Gasteiger partial charge in [-0.25, -0.2) is 4.79 Å². The lowest BCUT2D eigenvalue weighted by Crippen LogP contribution is -2.36. The lowest BCUT2D eigenvalue weighted by molar-refractivity contribution is -0.285. The molecule has 0 saturated heterocycles. The van der Waals surface area contributed by atoms with Gasteiger partial charge < -0.3 is 5.11 Å². The molecule has 0 spiro atoms. The fourth-order valence-corrected chi connectivity index (χ4v) is 1.07. The monoisotopic (exact) mass is 264 g/mol. The van der Waals surface area contributed by atoms with E-state index in [2.05, 4.69) is 0 Å². The Balaban J connectivity index is 4.61. The molecule has 2 nitrogen and oxygen atoms in total. The Hall–Kier alpha value is -1.21. The maximum absolute atomic E-state index is 12.0. The minimum absolute atomic E-state index is 0.284. The van der Waals surface area contributed by atoms with Gasteiger partial charge in [0, 0.05) is 5.57 Å². The molecule has 0 bridgehead atoms. The highest BCUT2D eigenvalue weighted by atomic mass is 19.4. The Morgan fingerprint density at radius 1 is 1.18 bits per heavy atom. The number of carboxylic acid groups (broad SMARTS) is 1. The predicted molar refractivity (Wildman–Crippen MR) is 46.2 cm³/mol. The molecule has 0 aliphatic carbocycles. The minimum atomic E-state index is -5.37. The number of aliphatic carboxylic acids is 1. The molecule has 1 N–H and O–H groups in total. The summed E-state index contributed by atoms with van der Waals surface area (Å²) in [5.41, 5.74) is -0.284. The molecule has 0 aromatic heterocycles. The molecule has 0 aliphatic rings. The number of rotatable bonds is 4. The summed E-state index contributed by atoms with van der Waals surface area (Å²) in [4.78, 5) is 10.3. The van der Waals surface area contributed by atoms with Crippen molar-refractivity contribution in [3.63, 3.8) is 0 Å². The van der Waals surface area contributed by atoms with Gasteiger partial charge in [-0.3, -0.25) is 0 Å². The highest BCUT2D eigenvalue weighted by molar-refractivity contribution is 5.85. The summed E-state index contributed by atoms with van der Waals surface area (Å²) < 4.78 is 72.3. The molecule has 17 heavy (non-hydrogen) atoms. The Kier molecular flexibility index (Phi) is 5.03. The van der Waals surface area contributed by atoms with Crippen LogP contribution in [0.1, 0.15) is 19.8 Å². The summed E-state index contributed by atoms with van der Waals surface area (Å²) in [6.07, 6.45) is -11.7. The molecule has 0 aliphatic heterocycles. The van der Waals surface area contributed by atoms with Crippen LogP contribution in [-0.4, -0.2) is 23.4 Å². The molecule has 0 aromatic rings. The summed E-state index contributed by atoms with van der Waals surface area (Å²) in [6.45, 7) is 1.10. The summed E-state index contributed by atoms with van der Waals surface area (Å²) in [5, 5.41) is 8.35. The number of carboxylic acids is 1. The number of carbonyl (C=O) groups is 1. The zero-order valence-corrected chi connectivity index (χ0v) is 8.69. The molecule has 100 valence electrons. The third-order valence-corrected chi connectivity index (χ3v) is 2.03. The largest absolute Gasteiger partial charge is 0.478 e. The topological polar surface area (TPSA) is 37.3 Å². The van der Waals surface area contributed by atoms with Crippen LogP contribution in [0.15, 0.2) is 11.6 Å². The molecule has 0 fully saturated rings. The van der Waals surface area contributed by atoms with Crippen molar-refractivity contribution in [1.82, 2.24) is 0 Å². The third kappa shape index (κ3) is 5.60. The lowest BCUT2D eigenvalue weighted by atomic mass is 10.0. The van der Waals surface area contributed by atoms with E-state index in [1.165, 1.54) is 0 Å². The van der Waals surface area contributed by atoms with Crippen LogP contribution in [0.2, 0.25) is 0 Å². The van der Waals surface area contributed by atoms with Crippen LogP contribution in [0, 0.1) is 5.92 Å². The summed E-state index contributed by atoms with van der Waals surface area (Å²) in [5.74, 6) is -4.80. The van der Waals surface area contributed by atoms with Crippen molar-refractivity contribution < 1.29 is 36.2 Å². The van der Waals surface area contributed by atoms with E-state index < -0.39 is 37.1 Å². The quantitative estimate of drug-likeness (QED) is 0.623. The van der Waals surface area contributed by atoms with Gasteiger partial charge in [-0.15, -0.1) is 0 Å². The summed E-state index contributed by atoms with van der Waals surface area (Å²) in [7, 11) is 0. The van der Waals surface area contributed by atoms with Crippen LogP contribution >= 0.6 is 0 Å². The van der Waals surface area contributed by atoms with Crippen LogP contribution in [-0.2, 0) is 4.79 Å². The van der Waals surface area contributed by atoms with Crippen molar-refractivity contribution in [1.29, 1.82) is 0 Å². The average molecular weight is 264 g/mol. The zero-order valence-electron chi connectivity index (χ0n) is 8.69. The molecule has 0 unspecified atom stereocenters. The number of alkyl halides is 6. The second-order valence-electron chi connectivity index (χ2n) is 3.41. The molecule has 8 heteroatoms. The first-order chi connectivity index (χ1) is 7.46. The minimum Gasteiger partial charge on any atom is -0.478 e. The number of hydrogen-bond donors (Lipinski definition) is 1. The number of hydrogen-bond acceptors (Lipinski definition) is 1. The van der Waals surface area contributed by atoms with Crippen molar-refractivity contribution in [2.75, 3.05) is 0 Å². The van der Waals surface area contributed by atoms with Gasteiger partial charge in [0.05, 0.1) is 0 Å². The van der Waals surface area contributed by atoms with Crippen LogP contribution < -0.4 is 0 Å². The molecule has 0 heterocycles. The average Bonchev–Trinajstić information content (AvgIpc) is 2.07. The Morgan fingerprint density at radius 2 is 1.59 bits per heavy atom. The van der Waals surface area contributed by atoms with Gasteiger partial charge in [-0.2, -0.15) is 26.3 Å². The van der Waals surface area contributed by atoms with Gasteiger partial charge in [0.25, 0.3) is 0 Å². The fourth-order valence-electron chi connectivity index (χ4n) is 1.07. The molecule has 0 amide bonds. The molecular weight excluding hydrogens is 254 g/mol. The first-order valence-corrected chi connectivity index (χ1v) is 4.49. The molecule has 0 rings (SSSR count). The predicted octanol–water partition coefficient (Wildman–Crippen LogP) is 3.54. The van der Waals surface area contributed by atoms with Gasteiger partial charge in [0.2, 0.25) is 0 Å². The van der Waals surface area contributed by atoms with Crippen LogP contribution in [0.5, 0.6) is 0 Å². The van der Waals surface area contributed by atoms with Crippen LogP contribution in [0.3, 0.4) is 0 Å². The van der Waals surface area contributed by atoms with Crippen molar-refractivity contribution in [3.05, 3.63) is 11.6 Å². The van der Waals surface area contributed by atoms with Crippen molar-refractivity contribution in [2.45, 2.75) is 32.1 Å².